The maximum absolute atomic E-state index is 11.6. The van der Waals surface area contributed by atoms with E-state index in [1.807, 2.05) is 0 Å². The van der Waals surface area contributed by atoms with Crippen LogP contribution in [0.15, 0.2) is 9.98 Å². The van der Waals surface area contributed by atoms with E-state index >= 15 is 0 Å². The van der Waals surface area contributed by atoms with Crippen molar-refractivity contribution >= 4 is 18.6 Å². The molecule has 9 nitrogen and oxygen atoms in total. The van der Waals surface area contributed by atoms with Gasteiger partial charge in [-0.15, -0.1) is 0 Å². The zero-order valence-corrected chi connectivity index (χ0v) is 9.83. The molecular weight excluding hydrogens is 256 g/mol. The normalized spacial score (nSPS) is 44.6. The molecule has 3 aliphatic heterocycles. The first kappa shape index (κ1) is 12.5. The van der Waals surface area contributed by atoms with Crippen LogP contribution in [0.25, 0.3) is 0 Å². The van der Waals surface area contributed by atoms with E-state index in [1.54, 1.807) is 0 Å². The zero-order chi connectivity index (χ0) is 13.6. The van der Waals surface area contributed by atoms with Gasteiger partial charge in [-0.25, -0.2) is 4.99 Å². The van der Waals surface area contributed by atoms with Gasteiger partial charge in [0.15, 0.2) is 18.4 Å². The Morgan fingerprint density at radius 3 is 2.84 bits per heavy atom. The van der Waals surface area contributed by atoms with E-state index in [0.29, 0.717) is 0 Å². The summed E-state index contributed by atoms with van der Waals surface area (Å²) in [5, 5.41) is 31.1. The highest BCUT2D eigenvalue weighted by Crippen LogP contribution is 2.29. The van der Waals surface area contributed by atoms with Gasteiger partial charge in [-0.3, -0.25) is 9.79 Å². The molecule has 0 spiro atoms. The summed E-state index contributed by atoms with van der Waals surface area (Å²) < 4.78 is 5.38. The summed E-state index contributed by atoms with van der Waals surface area (Å²) in [4.78, 5) is 21.1. The number of nitrogens with one attached hydrogen (secondary N) is 1. The Bertz CT molecular complexity index is 442. The SMILES string of the molecule is O=C1NC=N[C@H]2[C@@H]1N=CN2[C@H]1O[C@@H](CO)[C@@H](O)[C@H]1O. The Balaban J connectivity index is 1.81. The predicted molar refractivity (Wildman–Crippen MR) is 62.3 cm³/mol. The summed E-state index contributed by atoms with van der Waals surface area (Å²) in [7, 11) is 0. The molecule has 0 saturated carbocycles. The summed E-state index contributed by atoms with van der Waals surface area (Å²) in [5.74, 6) is -0.287. The summed E-state index contributed by atoms with van der Waals surface area (Å²) in [6.45, 7) is -0.405. The average molecular weight is 270 g/mol. The van der Waals surface area contributed by atoms with Gasteiger partial charge in [0.25, 0.3) is 5.91 Å². The second kappa shape index (κ2) is 4.53. The van der Waals surface area contributed by atoms with Crippen LogP contribution in [0.5, 0.6) is 0 Å². The van der Waals surface area contributed by atoms with Gasteiger partial charge in [0, 0.05) is 0 Å². The van der Waals surface area contributed by atoms with Crippen LogP contribution in [-0.2, 0) is 9.53 Å². The minimum Gasteiger partial charge on any atom is -0.394 e. The molecule has 1 saturated heterocycles. The Morgan fingerprint density at radius 1 is 1.37 bits per heavy atom. The highest BCUT2D eigenvalue weighted by Gasteiger charge is 2.50. The minimum absolute atomic E-state index is 0.287. The number of aliphatic hydroxyl groups excluding tert-OH is 3. The predicted octanol–water partition coefficient (Wildman–Crippen LogP) is -3.38. The van der Waals surface area contributed by atoms with E-state index < -0.39 is 43.4 Å². The highest BCUT2D eigenvalue weighted by molar-refractivity contribution is 5.96. The summed E-state index contributed by atoms with van der Waals surface area (Å²) in [5.41, 5.74) is 0. The molecule has 4 N–H and O–H groups in total. The molecule has 0 aliphatic carbocycles. The first-order valence-electron chi connectivity index (χ1n) is 5.88. The lowest BCUT2D eigenvalue weighted by atomic mass is 10.1. The zero-order valence-electron chi connectivity index (χ0n) is 9.83. The average Bonchev–Trinajstić information content (AvgIpc) is 2.94. The van der Waals surface area contributed by atoms with Crippen molar-refractivity contribution in [3.05, 3.63) is 0 Å². The third-order valence-electron chi connectivity index (χ3n) is 3.46. The highest BCUT2D eigenvalue weighted by atomic mass is 16.6. The maximum atomic E-state index is 11.6. The molecule has 3 rings (SSSR count). The molecule has 0 aromatic rings. The fourth-order valence-corrected chi connectivity index (χ4v) is 2.42. The van der Waals surface area contributed by atoms with Crippen molar-refractivity contribution in [3.63, 3.8) is 0 Å². The summed E-state index contributed by atoms with van der Waals surface area (Å²) in [6.07, 6.45) is -2.11. The number of aliphatic hydroxyl groups is 3. The molecular formula is C10H14N4O5. The number of ether oxygens (including phenoxy) is 1. The van der Waals surface area contributed by atoms with Crippen molar-refractivity contribution in [3.8, 4) is 0 Å². The van der Waals surface area contributed by atoms with Gasteiger partial charge in [-0.05, 0) is 0 Å². The maximum Gasteiger partial charge on any atom is 0.254 e. The molecule has 1 fully saturated rings. The van der Waals surface area contributed by atoms with E-state index in [0.717, 1.165) is 0 Å². The summed E-state index contributed by atoms with van der Waals surface area (Å²) in [6, 6.07) is -0.689. The number of carbonyl (C=O) groups excluding carboxylic acids is 1. The molecule has 9 heteroatoms. The smallest absolute Gasteiger partial charge is 0.254 e. The number of hydrogen-bond donors (Lipinski definition) is 4. The van der Waals surface area contributed by atoms with Gasteiger partial charge in [0.2, 0.25) is 0 Å². The van der Waals surface area contributed by atoms with E-state index in [1.165, 1.54) is 17.6 Å². The molecule has 6 atom stereocenters. The topological polar surface area (TPSA) is 127 Å². The number of nitrogens with zero attached hydrogens (tertiary/aromatic N) is 3. The van der Waals surface area contributed by atoms with E-state index in [9.17, 15) is 15.0 Å². The van der Waals surface area contributed by atoms with E-state index in [4.69, 9.17) is 9.84 Å². The van der Waals surface area contributed by atoms with Crippen LogP contribution < -0.4 is 5.32 Å². The first-order valence-corrected chi connectivity index (χ1v) is 5.88. The molecule has 3 aliphatic rings. The number of aliphatic imine (C=N–C) groups is 2. The van der Waals surface area contributed by atoms with Gasteiger partial charge in [0.05, 0.1) is 19.3 Å². The monoisotopic (exact) mass is 270 g/mol. The second-order valence-corrected chi connectivity index (χ2v) is 4.59. The molecule has 104 valence electrons. The fraction of sp³-hybridized carbons (Fsp3) is 0.700. The molecule has 0 aromatic carbocycles. The third kappa shape index (κ3) is 1.82. The van der Waals surface area contributed by atoms with Crippen LogP contribution in [0.4, 0.5) is 0 Å². The van der Waals surface area contributed by atoms with Gasteiger partial charge in [-0.2, -0.15) is 0 Å². The van der Waals surface area contributed by atoms with Crippen LogP contribution in [0, 0.1) is 0 Å². The van der Waals surface area contributed by atoms with Crippen LogP contribution >= 0.6 is 0 Å². The Morgan fingerprint density at radius 2 is 2.16 bits per heavy atom. The van der Waals surface area contributed by atoms with Crippen LogP contribution in [-0.4, -0.2) is 82.2 Å². The lowest BCUT2D eigenvalue weighted by molar-refractivity contribution is -0.124. The van der Waals surface area contributed by atoms with Gasteiger partial charge in [-0.1, -0.05) is 0 Å². The third-order valence-corrected chi connectivity index (χ3v) is 3.46. The Kier molecular flexibility index (Phi) is 2.97. The summed E-state index contributed by atoms with van der Waals surface area (Å²) >= 11 is 0. The quantitative estimate of drug-likeness (QED) is 0.414. The molecule has 3 heterocycles. The number of hydrogen-bond acceptors (Lipinski definition) is 8. The Hall–Kier alpha value is -1.55. The van der Waals surface area contributed by atoms with Crippen molar-refractivity contribution in [1.29, 1.82) is 0 Å². The van der Waals surface area contributed by atoms with E-state index in [2.05, 4.69) is 15.3 Å². The van der Waals surface area contributed by atoms with Gasteiger partial charge < -0.3 is 30.3 Å². The van der Waals surface area contributed by atoms with Crippen molar-refractivity contribution < 1.29 is 24.9 Å². The molecule has 0 aromatic heterocycles. The largest absolute Gasteiger partial charge is 0.394 e. The molecule has 0 unspecified atom stereocenters. The van der Waals surface area contributed by atoms with Crippen molar-refractivity contribution in [1.82, 2.24) is 10.2 Å². The number of carbonyl (C=O) groups is 1. The lowest BCUT2D eigenvalue weighted by Crippen LogP contribution is -2.53. The molecule has 19 heavy (non-hydrogen) atoms. The van der Waals surface area contributed by atoms with Gasteiger partial charge >= 0.3 is 0 Å². The van der Waals surface area contributed by atoms with Crippen molar-refractivity contribution in [2.45, 2.75) is 36.7 Å². The fourth-order valence-electron chi connectivity index (χ4n) is 2.42. The van der Waals surface area contributed by atoms with Gasteiger partial charge in [0.1, 0.15) is 18.3 Å². The van der Waals surface area contributed by atoms with Crippen LogP contribution in [0.1, 0.15) is 0 Å². The number of rotatable bonds is 2. The standard InChI is InChI=1S/C10H14N4O5/c15-1-4-6(16)7(17)10(19-4)14-3-13-5-8(14)11-2-12-9(5)18/h2-8,10,15-17H,1H2,(H,11,12,18)/t4-,5-,6+,7+,8+,10-/m0/s1. The number of amides is 1. The van der Waals surface area contributed by atoms with Crippen molar-refractivity contribution in [2.24, 2.45) is 9.98 Å². The molecule has 1 amide bonds. The first-order chi connectivity index (χ1) is 9.13. The van der Waals surface area contributed by atoms with Crippen LogP contribution in [0.3, 0.4) is 0 Å². The second-order valence-electron chi connectivity index (χ2n) is 4.59. The molecule has 0 bridgehead atoms. The Labute approximate surface area is 108 Å². The lowest BCUT2D eigenvalue weighted by Gasteiger charge is -2.31. The van der Waals surface area contributed by atoms with E-state index in [-0.39, 0.29) is 5.91 Å². The van der Waals surface area contributed by atoms with Crippen LogP contribution in [0.2, 0.25) is 0 Å². The number of fused-ring (bicyclic) bond motifs is 1. The minimum atomic E-state index is -1.21. The molecule has 0 radical (unpaired) electrons. The van der Waals surface area contributed by atoms with Crippen molar-refractivity contribution in [2.75, 3.05) is 6.61 Å².